The first-order chi connectivity index (χ1) is 7.84. The van der Waals surface area contributed by atoms with Crippen LogP contribution >= 0.6 is 12.6 Å². The predicted molar refractivity (Wildman–Crippen MR) is 61.1 cm³/mol. The van der Waals surface area contributed by atoms with Gasteiger partial charge in [0.05, 0.1) is 13.2 Å². The van der Waals surface area contributed by atoms with Gasteiger partial charge in [-0.2, -0.15) is 4.52 Å². The van der Waals surface area contributed by atoms with Crippen molar-refractivity contribution in [2.45, 2.75) is 5.16 Å². The molecule has 2 aromatic heterocycles. The summed E-state index contributed by atoms with van der Waals surface area (Å²) in [5.41, 5.74) is 0.710. The van der Waals surface area contributed by atoms with Crippen LogP contribution in [0.4, 0.5) is 5.82 Å². The van der Waals surface area contributed by atoms with Crippen LogP contribution in [0.5, 0.6) is 0 Å². The maximum atomic E-state index is 5.30. The van der Waals surface area contributed by atoms with Crippen molar-refractivity contribution >= 4 is 24.1 Å². The van der Waals surface area contributed by atoms with E-state index in [2.05, 4.69) is 32.8 Å². The lowest BCUT2D eigenvalue weighted by molar-refractivity contribution is 0.122. The van der Waals surface area contributed by atoms with Crippen molar-refractivity contribution in [1.82, 2.24) is 19.8 Å². The number of aromatic nitrogens is 4. The zero-order valence-corrected chi connectivity index (χ0v) is 9.47. The first-order valence-electron chi connectivity index (χ1n) is 5.09. The largest absolute Gasteiger partial charge is 0.378 e. The molecule has 0 N–H and O–H groups in total. The van der Waals surface area contributed by atoms with E-state index in [-0.39, 0.29) is 0 Å². The van der Waals surface area contributed by atoms with Crippen LogP contribution in [0.1, 0.15) is 0 Å². The van der Waals surface area contributed by atoms with E-state index in [1.165, 1.54) is 0 Å². The van der Waals surface area contributed by atoms with E-state index in [1.54, 1.807) is 4.52 Å². The fourth-order valence-corrected chi connectivity index (χ4v) is 1.92. The summed E-state index contributed by atoms with van der Waals surface area (Å²) < 4.78 is 6.93. The quantitative estimate of drug-likeness (QED) is 0.721. The van der Waals surface area contributed by atoms with Gasteiger partial charge in [-0.15, -0.1) is 27.9 Å². The van der Waals surface area contributed by atoms with Crippen LogP contribution in [0, 0.1) is 0 Å². The normalized spacial score (nSPS) is 16.9. The highest BCUT2D eigenvalue weighted by atomic mass is 32.1. The predicted octanol–water partition coefficient (Wildman–Crippen LogP) is 0.250. The summed E-state index contributed by atoms with van der Waals surface area (Å²) in [6.07, 6.45) is 0. The molecule has 1 aliphatic heterocycles. The Balaban J connectivity index is 1.99. The number of hydrogen-bond donors (Lipinski definition) is 1. The van der Waals surface area contributed by atoms with Crippen molar-refractivity contribution in [2.24, 2.45) is 0 Å². The molecular weight excluding hydrogens is 226 g/mol. The molecule has 1 aliphatic rings. The average molecular weight is 237 g/mol. The second-order valence-electron chi connectivity index (χ2n) is 3.56. The number of rotatable bonds is 1. The first-order valence-corrected chi connectivity index (χ1v) is 5.53. The zero-order valence-electron chi connectivity index (χ0n) is 8.57. The van der Waals surface area contributed by atoms with Gasteiger partial charge in [-0.1, -0.05) is 0 Å². The van der Waals surface area contributed by atoms with E-state index in [9.17, 15) is 0 Å². The smallest absolute Gasteiger partial charge is 0.209 e. The summed E-state index contributed by atoms with van der Waals surface area (Å²) in [5.74, 6) is 0.908. The van der Waals surface area contributed by atoms with Crippen molar-refractivity contribution in [3.8, 4) is 0 Å². The summed E-state index contributed by atoms with van der Waals surface area (Å²) in [7, 11) is 0. The van der Waals surface area contributed by atoms with E-state index in [4.69, 9.17) is 4.74 Å². The maximum Gasteiger partial charge on any atom is 0.209 e. The summed E-state index contributed by atoms with van der Waals surface area (Å²) in [6, 6.07) is 3.84. The average Bonchev–Trinajstić information content (AvgIpc) is 2.72. The third-order valence-corrected chi connectivity index (χ3v) is 2.85. The minimum absolute atomic E-state index is 0.505. The molecule has 6 nitrogen and oxygen atoms in total. The van der Waals surface area contributed by atoms with Gasteiger partial charge in [-0.25, -0.2) is 0 Å². The Morgan fingerprint density at radius 3 is 2.81 bits per heavy atom. The summed E-state index contributed by atoms with van der Waals surface area (Å²) in [5, 5.41) is 12.7. The van der Waals surface area contributed by atoms with Gasteiger partial charge in [0.2, 0.25) is 5.16 Å². The molecule has 0 saturated carbocycles. The van der Waals surface area contributed by atoms with Crippen LogP contribution < -0.4 is 4.90 Å². The molecule has 0 atom stereocenters. The van der Waals surface area contributed by atoms with E-state index in [0.717, 1.165) is 32.1 Å². The lowest BCUT2D eigenvalue weighted by Gasteiger charge is -2.27. The topological polar surface area (TPSA) is 55.5 Å². The number of anilines is 1. The molecule has 2 aromatic rings. The van der Waals surface area contributed by atoms with Crippen LogP contribution in [0.3, 0.4) is 0 Å². The minimum atomic E-state index is 0.505. The van der Waals surface area contributed by atoms with Gasteiger partial charge in [0.25, 0.3) is 0 Å². The van der Waals surface area contributed by atoms with Crippen molar-refractivity contribution in [3.05, 3.63) is 12.1 Å². The van der Waals surface area contributed by atoms with Gasteiger partial charge in [0, 0.05) is 13.1 Å². The highest BCUT2D eigenvalue weighted by Crippen LogP contribution is 2.14. The van der Waals surface area contributed by atoms with Crippen LogP contribution in [-0.4, -0.2) is 46.1 Å². The first kappa shape index (κ1) is 9.86. The van der Waals surface area contributed by atoms with Gasteiger partial charge in [-0.3, -0.25) is 0 Å². The minimum Gasteiger partial charge on any atom is -0.378 e. The molecule has 0 bridgehead atoms. The number of nitrogens with zero attached hydrogens (tertiary/aromatic N) is 5. The number of thiol groups is 1. The van der Waals surface area contributed by atoms with Gasteiger partial charge in [0.15, 0.2) is 5.65 Å². The number of hydrogen-bond acceptors (Lipinski definition) is 6. The Bertz CT molecular complexity index is 508. The Labute approximate surface area is 97.6 Å². The van der Waals surface area contributed by atoms with Crippen molar-refractivity contribution in [3.63, 3.8) is 0 Å². The molecule has 16 heavy (non-hydrogen) atoms. The third kappa shape index (κ3) is 1.61. The Morgan fingerprint density at radius 1 is 1.19 bits per heavy atom. The molecule has 7 heteroatoms. The molecule has 1 fully saturated rings. The van der Waals surface area contributed by atoms with Gasteiger partial charge >= 0.3 is 0 Å². The standard InChI is InChI=1S/C9H11N5OS/c16-9-11-10-7-1-2-8(12-14(7)9)13-3-5-15-6-4-13/h1-2H,3-6H2,(H,11,16). The Kier molecular flexibility index (Phi) is 2.41. The number of morpholine rings is 1. The van der Waals surface area contributed by atoms with Crippen molar-refractivity contribution in [2.75, 3.05) is 31.2 Å². The molecule has 0 aliphatic carbocycles. The summed E-state index contributed by atoms with van der Waals surface area (Å²) >= 11 is 4.20. The highest BCUT2D eigenvalue weighted by Gasteiger charge is 2.13. The second kappa shape index (κ2) is 3.91. The molecule has 1 saturated heterocycles. The van der Waals surface area contributed by atoms with E-state index in [1.807, 2.05) is 12.1 Å². The van der Waals surface area contributed by atoms with E-state index < -0.39 is 0 Å². The SMILES string of the molecule is Sc1nnc2ccc(N3CCOCC3)nn12. The molecule has 0 amide bonds. The van der Waals surface area contributed by atoms with Crippen LogP contribution in [0.15, 0.2) is 17.3 Å². The Morgan fingerprint density at radius 2 is 2.00 bits per heavy atom. The summed E-state index contributed by atoms with van der Waals surface area (Å²) in [6.45, 7) is 3.22. The molecule has 84 valence electrons. The fraction of sp³-hybridized carbons (Fsp3) is 0.444. The van der Waals surface area contributed by atoms with Crippen LogP contribution in [0.2, 0.25) is 0 Å². The second-order valence-corrected chi connectivity index (χ2v) is 3.96. The van der Waals surface area contributed by atoms with Gasteiger partial charge < -0.3 is 9.64 Å². The van der Waals surface area contributed by atoms with Crippen LogP contribution in [0.25, 0.3) is 5.65 Å². The molecule has 3 rings (SSSR count). The van der Waals surface area contributed by atoms with E-state index in [0.29, 0.717) is 10.8 Å². The molecule has 0 spiro atoms. The molecule has 0 radical (unpaired) electrons. The lowest BCUT2D eigenvalue weighted by atomic mass is 10.4. The van der Waals surface area contributed by atoms with E-state index >= 15 is 0 Å². The molecule has 0 unspecified atom stereocenters. The third-order valence-electron chi connectivity index (χ3n) is 2.57. The maximum absolute atomic E-state index is 5.30. The fourth-order valence-electron chi connectivity index (χ4n) is 1.73. The van der Waals surface area contributed by atoms with Gasteiger partial charge in [-0.05, 0) is 12.1 Å². The van der Waals surface area contributed by atoms with Crippen molar-refractivity contribution in [1.29, 1.82) is 0 Å². The molecule has 0 aromatic carbocycles. The number of ether oxygens (including phenoxy) is 1. The number of fused-ring (bicyclic) bond motifs is 1. The lowest BCUT2D eigenvalue weighted by Crippen LogP contribution is -2.37. The van der Waals surface area contributed by atoms with Gasteiger partial charge in [0.1, 0.15) is 5.82 Å². The summed E-state index contributed by atoms with van der Waals surface area (Å²) in [4.78, 5) is 2.18. The zero-order chi connectivity index (χ0) is 11.0. The highest BCUT2D eigenvalue weighted by molar-refractivity contribution is 7.80. The van der Waals surface area contributed by atoms with Crippen molar-refractivity contribution < 1.29 is 4.74 Å². The molecule has 3 heterocycles. The van der Waals surface area contributed by atoms with Crippen LogP contribution in [-0.2, 0) is 4.74 Å². The Hall–Kier alpha value is -1.34. The molecular formula is C9H11N5OS. The monoisotopic (exact) mass is 237 g/mol.